The lowest BCUT2D eigenvalue weighted by Gasteiger charge is -1.97. The molecule has 1 saturated heterocycles. The van der Waals surface area contributed by atoms with Gasteiger partial charge in [-0.15, -0.1) is 0 Å². The fourth-order valence-corrected chi connectivity index (χ4v) is 2.50. The van der Waals surface area contributed by atoms with Crippen molar-refractivity contribution < 1.29 is 4.79 Å². The van der Waals surface area contributed by atoms with Crippen LogP contribution in [0.4, 0.5) is 0 Å². The minimum Gasteiger partial charge on any atom is -0.282 e. The fraction of sp³-hybridized carbons (Fsp3) is 0.700. The highest BCUT2D eigenvalue weighted by Gasteiger charge is 2.44. The summed E-state index contributed by atoms with van der Waals surface area (Å²) in [6.07, 6.45) is 4.47. The summed E-state index contributed by atoms with van der Waals surface area (Å²) in [5.74, 6) is 1.67. The van der Waals surface area contributed by atoms with Crippen LogP contribution < -0.4 is 0 Å². The van der Waals surface area contributed by atoms with Gasteiger partial charge in [-0.25, -0.2) is 0 Å². The first-order valence-corrected chi connectivity index (χ1v) is 5.46. The third-order valence-corrected chi connectivity index (χ3v) is 3.79. The van der Waals surface area contributed by atoms with E-state index in [2.05, 4.69) is 19.9 Å². The molecule has 1 atom stereocenters. The maximum Gasteiger partial charge on any atom is 0.215 e. The van der Waals surface area contributed by atoms with Gasteiger partial charge in [-0.2, -0.15) is 0 Å². The Morgan fingerprint density at radius 2 is 2.25 bits per heavy atom. The van der Waals surface area contributed by atoms with Gasteiger partial charge in [0.05, 0.1) is 0 Å². The van der Waals surface area contributed by atoms with Gasteiger partial charge >= 0.3 is 0 Å². The highest BCUT2D eigenvalue weighted by atomic mass is 32.2. The minimum atomic E-state index is 0.317. The summed E-state index contributed by atoms with van der Waals surface area (Å²) < 4.78 is 0. The summed E-state index contributed by atoms with van der Waals surface area (Å²) in [5, 5.41) is 0.317. The van der Waals surface area contributed by atoms with Gasteiger partial charge in [-0.1, -0.05) is 31.7 Å². The lowest BCUT2D eigenvalue weighted by Crippen LogP contribution is -1.92. The van der Waals surface area contributed by atoms with Crippen LogP contribution >= 0.6 is 11.8 Å². The Morgan fingerprint density at radius 1 is 1.58 bits per heavy atom. The van der Waals surface area contributed by atoms with E-state index in [0.29, 0.717) is 16.4 Å². The van der Waals surface area contributed by atoms with Gasteiger partial charge in [0.1, 0.15) is 0 Å². The first-order chi connectivity index (χ1) is 5.59. The second-order valence-corrected chi connectivity index (χ2v) is 5.44. The molecule has 0 N–H and O–H groups in total. The predicted molar refractivity (Wildman–Crippen MR) is 52.1 cm³/mol. The lowest BCUT2D eigenvalue weighted by molar-refractivity contribution is -0.107. The molecule has 0 amide bonds. The second kappa shape index (κ2) is 2.63. The van der Waals surface area contributed by atoms with Gasteiger partial charge in [0, 0.05) is 11.3 Å². The fourth-order valence-electron chi connectivity index (χ4n) is 1.64. The van der Waals surface area contributed by atoms with Crippen molar-refractivity contribution in [3.63, 3.8) is 0 Å². The van der Waals surface area contributed by atoms with Gasteiger partial charge in [0.25, 0.3) is 0 Å². The molecule has 2 aliphatic rings. The van der Waals surface area contributed by atoms with E-state index in [9.17, 15) is 4.79 Å². The van der Waals surface area contributed by atoms with E-state index >= 15 is 0 Å². The van der Waals surface area contributed by atoms with Gasteiger partial charge in [-0.3, -0.25) is 4.79 Å². The summed E-state index contributed by atoms with van der Waals surface area (Å²) in [6.45, 7) is 4.53. The maximum atomic E-state index is 11.2. The first-order valence-electron chi connectivity index (χ1n) is 4.47. The largest absolute Gasteiger partial charge is 0.282 e. The molecule has 2 heteroatoms. The number of hydrogen-bond acceptors (Lipinski definition) is 2. The Hall–Kier alpha value is -0.240. The number of carbonyl (C=O) groups is 1. The van der Waals surface area contributed by atoms with Crippen molar-refractivity contribution in [2.24, 2.45) is 11.3 Å². The summed E-state index contributed by atoms with van der Waals surface area (Å²) in [5.41, 5.74) is 1.55. The Labute approximate surface area is 77.6 Å². The second-order valence-electron chi connectivity index (χ2n) is 4.38. The molecule has 12 heavy (non-hydrogen) atoms. The molecular weight excluding hydrogens is 168 g/mol. The highest BCUT2D eigenvalue weighted by Crippen LogP contribution is 2.53. The quantitative estimate of drug-likeness (QED) is 0.580. The standard InChI is InChI=1S/C10H14OS/c1-10(2)6-8(10)5-7-3-4-12-9(7)11/h5,8H,3-4,6H2,1-2H3. The molecule has 0 aromatic rings. The van der Waals surface area contributed by atoms with E-state index in [4.69, 9.17) is 0 Å². The molecule has 0 aromatic carbocycles. The summed E-state index contributed by atoms with van der Waals surface area (Å²) >= 11 is 1.47. The third kappa shape index (κ3) is 1.45. The zero-order valence-electron chi connectivity index (χ0n) is 7.59. The number of hydrogen-bond donors (Lipinski definition) is 0. The van der Waals surface area contributed by atoms with Crippen molar-refractivity contribution in [3.05, 3.63) is 11.6 Å². The average molecular weight is 182 g/mol. The van der Waals surface area contributed by atoms with Crippen LogP contribution in [-0.2, 0) is 4.79 Å². The third-order valence-electron chi connectivity index (χ3n) is 2.86. The Bertz CT molecular complexity index is 253. The SMILES string of the molecule is CC1(C)CC1C=C1CCSC1=O. The summed E-state index contributed by atoms with van der Waals surface area (Å²) in [7, 11) is 0. The Balaban J connectivity index is 2.05. The van der Waals surface area contributed by atoms with Crippen molar-refractivity contribution in [2.75, 3.05) is 5.75 Å². The van der Waals surface area contributed by atoms with Gasteiger partial charge in [-0.05, 0) is 24.2 Å². The molecule has 2 rings (SSSR count). The van der Waals surface area contributed by atoms with Crippen molar-refractivity contribution in [2.45, 2.75) is 26.7 Å². The Morgan fingerprint density at radius 3 is 2.67 bits per heavy atom. The maximum absolute atomic E-state index is 11.2. The monoisotopic (exact) mass is 182 g/mol. The van der Waals surface area contributed by atoms with E-state index in [1.165, 1.54) is 18.2 Å². The van der Waals surface area contributed by atoms with Gasteiger partial charge in [0.15, 0.2) is 0 Å². The average Bonchev–Trinajstić information content (AvgIpc) is 2.39. The molecule has 2 fully saturated rings. The summed E-state index contributed by atoms with van der Waals surface area (Å²) in [6, 6.07) is 0. The van der Waals surface area contributed by atoms with E-state index in [-0.39, 0.29) is 0 Å². The molecule has 0 spiro atoms. The zero-order chi connectivity index (χ0) is 8.77. The molecule has 1 aliphatic heterocycles. The zero-order valence-corrected chi connectivity index (χ0v) is 8.41. The van der Waals surface area contributed by atoms with E-state index in [1.54, 1.807) is 0 Å². The Kier molecular flexibility index (Phi) is 1.83. The van der Waals surface area contributed by atoms with E-state index in [1.807, 2.05) is 0 Å². The number of allylic oxidation sites excluding steroid dienone is 1. The molecule has 1 nitrogen and oxygen atoms in total. The smallest absolute Gasteiger partial charge is 0.215 e. The van der Waals surface area contributed by atoms with Crippen molar-refractivity contribution in [1.29, 1.82) is 0 Å². The van der Waals surface area contributed by atoms with Crippen LogP contribution in [0.25, 0.3) is 0 Å². The molecule has 0 aromatic heterocycles. The van der Waals surface area contributed by atoms with Crippen LogP contribution in [0.3, 0.4) is 0 Å². The van der Waals surface area contributed by atoms with Crippen LogP contribution in [0.2, 0.25) is 0 Å². The van der Waals surface area contributed by atoms with Gasteiger partial charge < -0.3 is 0 Å². The minimum absolute atomic E-state index is 0.317. The van der Waals surface area contributed by atoms with Crippen LogP contribution in [0.5, 0.6) is 0 Å². The van der Waals surface area contributed by atoms with Crippen LogP contribution in [0.15, 0.2) is 11.6 Å². The normalized spacial score (nSPS) is 36.0. The number of thioether (sulfide) groups is 1. The first kappa shape index (κ1) is 8.36. The van der Waals surface area contributed by atoms with Crippen molar-refractivity contribution in [1.82, 2.24) is 0 Å². The molecule has 0 radical (unpaired) electrons. The molecule has 1 aliphatic carbocycles. The number of rotatable bonds is 1. The van der Waals surface area contributed by atoms with Crippen molar-refractivity contribution >= 4 is 16.9 Å². The predicted octanol–water partition coefficient (Wildman–Crippen LogP) is 2.62. The lowest BCUT2D eigenvalue weighted by atomic mass is 10.1. The van der Waals surface area contributed by atoms with Gasteiger partial charge in [0.2, 0.25) is 5.12 Å². The summed E-state index contributed by atoms with van der Waals surface area (Å²) in [4.78, 5) is 11.2. The highest BCUT2D eigenvalue weighted by molar-refractivity contribution is 8.14. The topological polar surface area (TPSA) is 17.1 Å². The van der Waals surface area contributed by atoms with Crippen LogP contribution in [0.1, 0.15) is 26.7 Å². The molecule has 1 unspecified atom stereocenters. The molecule has 1 saturated carbocycles. The van der Waals surface area contributed by atoms with Crippen molar-refractivity contribution in [3.8, 4) is 0 Å². The molecule has 0 bridgehead atoms. The number of carbonyl (C=O) groups excluding carboxylic acids is 1. The van der Waals surface area contributed by atoms with E-state index in [0.717, 1.165) is 17.7 Å². The molecular formula is C10H14OS. The van der Waals surface area contributed by atoms with Crippen LogP contribution in [0, 0.1) is 11.3 Å². The van der Waals surface area contributed by atoms with E-state index < -0.39 is 0 Å². The van der Waals surface area contributed by atoms with Crippen LogP contribution in [-0.4, -0.2) is 10.9 Å². The molecule has 1 heterocycles. The molecule has 66 valence electrons.